The Bertz CT molecular complexity index is 1530. The Morgan fingerprint density at radius 3 is 2.33 bits per heavy atom. The van der Waals surface area contributed by atoms with Crippen LogP contribution in [0.3, 0.4) is 0 Å². The number of benzene rings is 3. The highest BCUT2D eigenvalue weighted by molar-refractivity contribution is 5.77. The molecule has 0 spiro atoms. The molecule has 3 aliphatic rings. The summed E-state index contributed by atoms with van der Waals surface area (Å²) in [6.07, 6.45) is -4.49. The van der Waals surface area contributed by atoms with Crippen LogP contribution in [0.2, 0.25) is 0 Å². The van der Waals surface area contributed by atoms with Gasteiger partial charge in [-0.05, 0) is 29.7 Å². The van der Waals surface area contributed by atoms with Crippen LogP contribution in [0.5, 0.6) is 23.0 Å². The highest BCUT2D eigenvalue weighted by Gasteiger charge is 2.74. The Morgan fingerprint density at radius 1 is 0.978 bits per heavy atom. The molecule has 0 radical (unpaired) electrons. The zero-order chi connectivity index (χ0) is 32.6. The summed E-state index contributed by atoms with van der Waals surface area (Å²) < 4.78 is 46.8. The van der Waals surface area contributed by atoms with Gasteiger partial charge in [0.15, 0.2) is 5.60 Å². The number of carbonyl (C=O) groups excluding carboxylic acids is 1. The number of aliphatic hydroxyl groups is 3. The maximum absolute atomic E-state index is 13.5. The summed E-state index contributed by atoms with van der Waals surface area (Å²) in [5.41, 5.74) is -1.79. The van der Waals surface area contributed by atoms with E-state index in [2.05, 4.69) is 0 Å². The molecule has 2 fully saturated rings. The van der Waals surface area contributed by atoms with Crippen molar-refractivity contribution in [2.45, 2.75) is 48.3 Å². The Kier molecular flexibility index (Phi) is 8.85. The van der Waals surface area contributed by atoms with E-state index in [1.165, 1.54) is 21.3 Å². The molecule has 12 nitrogen and oxygen atoms in total. The molecular weight excluding hydrogens is 600 g/mol. The van der Waals surface area contributed by atoms with Crippen molar-refractivity contribution in [2.75, 3.05) is 41.7 Å². The first-order valence-electron chi connectivity index (χ1n) is 14.9. The molecule has 1 aliphatic carbocycles. The molecule has 2 heterocycles. The molecule has 1 saturated heterocycles. The van der Waals surface area contributed by atoms with Gasteiger partial charge in [-0.1, -0.05) is 42.5 Å². The van der Waals surface area contributed by atoms with Gasteiger partial charge in [0, 0.05) is 25.2 Å². The second-order valence-electron chi connectivity index (χ2n) is 11.5. The highest BCUT2D eigenvalue weighted by Crippen LogP contribution is 2.70. The van der Waals surface area contributed by atoms with Crippen molar-refractivity contribution < 1.29 is 58.0 Å². The number of carbonyl (C=O) groups is 1. The van der Waals surface area contributed by atoms with E-state index in [1.807, 2.05) is 42.5 Å². The standard InChI is InChI=1S/C34H38O12/c1-39-21-12-10-20(11-13-21)34-28(19-8-6-5-7-9-19)23(30(37)41-3)16-33(34,38)29-25(14-22(40-2)15-26(29)46-34)44-32-31(42-4)43-18-27(45-32)24(36)17-35/h5-15,23-24,27-28,31-32,35-36,38H,16-18H2,1-4H3/t23-,24?,27?,28+,31?,32?,33+,34-/m0/s1. The Hall–Kier alpha value is -3.91. The number of methoxy groups -OCH3 is 4. The van der Waals surface area contributed by atoms with Crippen LogP contribution in [0.1, 0.15) is 29.0 Å². The van der Waals surface area contributed by atoms with E-state index in [0.29, 0.717) is 17.1 Å². The average Bonchev–Trinajstić information content (AvgIpc) is 3.51. The van der Waals surface area contributed by atoms with Gasteiger partial charge in [0.2, 0.25) is 6.29 Å². The number of ether oxygens (including phenoxy) is 8. The first kappa shape index (κ1) is 32.0. The quantitative estimate of drug-likeness (QED) is 0.280. The number of hydrogen-bond acceptors (Lipinski definition) is 12. The summed E-state index contributed by atoms with van der Waals surface area (Å²) in [6, 6.07) is 19.8. The topological polar surface area (TPSA) is 152 Å². The third-order valence-electron chi connectivity index (χ3n) is 9.16. The molecule has 6 rings (SSSR count). The smallest absolute Gasteiger partial charge is 0.309 e. The molecule has 0 aromatic heterocycles. The van der Waals surface area contributed by atoms with Gasteiger partial charge in [-0.2, -0.15) is 0 Å². The van der Waals surface area contributed by atoms with Crippen LogP contribution in [-0.4, -0.2) is 87.7 Å². The minimum atomic E-state index is -1.86. The number of esters is 1. The zero-order valence-corrected chi connectivity index (χ0v) is 26.0. The van der Waals surface area contributed by atoms with Crippen LogP contribution in [-0.2, 0) is 34.9 Å². The van der Waals surface area contributed by atoms with E-state index in [4.69, 9.17) is 37.9 Å². The minimum absolute atomic E-state index is 0.0521. The van der Waals surface area contributed by atoms with Gasteiger partial charge < -0.3 is 53.2 Å². The fourth-order valence-electron chi connectivity index (χ4n) is 7.07. The predicted octanol–water partition coefficient (Wildman–Crippen LogP) is 2.60. The largest absolute Gasteiger partial charge is 0.497 e. The van der Waals surface area contributed by atoms with Crippen molar-refractivity contribution in [3.63, 3.8) is 0 Å². The van der Waals surface area contributed by atoms with Gasteiger partial charge >= 0.3 is 5.97 Å². The van der Waals surface area contributed by atoms with E-state index in [1.54, 1.807) is 31.4 Å². The van der Waals surface area contributed by atoms with Crippen molar-refractivity contribution in [1.29, 1.82) is 0 Å². The van der Waals surface area contributed by atoms with Crippen LogP contribution in [0.15, 0.2) is 66.7 Å². The van der Waals surface area contributed by atoms with Crippen molar-refractivity contribution in [1.82, 2.24) is 0 Å². The predicted molar refractivity (Wildman–Crippen MR) is 161 cm³/mol. The molecule has 46 heavy (non-hydrogen) atoms. The molecule has 12 heteroatoms. The monoisotopic (exact) mass is 638 g/mol. The van der Waals surface area contributed by atoms with Crippen molar-refractivity contribution in [2.24, 2.45) is 5.92 Å². The number of hydrogen-bond donors (Lipinski definition) is 3. The molecule has 8 atom stereocenters. The third kappa shape index (κ3) is 5.05. The molecule has 2 aliphatic heterocycles. The van der Waals surface area contributed by atoms with E-state index in [-0.39, 0.29) is 30.1 Å². The number of fused-ring (bicyclic) bond motifs is 3. The fourth-order valence-corrected chi connectivity index (χ4v) is 7.07. The van der Waals surface area contributed by atoms with Crippen LogP contribution in [0.4, 0.5) is 0 Å². The summed E-state index contributed by atoms with van der Waals surface area (Å²) in [6.45, 7) is -0.607. The summed E-state index contributed by atoms with van der Waals surface area (Å²) in [5.74, 6) is -0.684. The second-order valence-corrected chi connectivity index (χ2v) is 11.5. The Labute approximate surface area is 266 Å². The molecule has 3 aromatic carbocycles. The van der Waals surface area contributed by atoms with Gasteiger partial charge in [-0.3, -0.25) is 4.79 Å². The van der Waals surface area contributed by atoms with E-state index in [9.17, 15) is 20.1 Å². The summed E-state index contributed by atoms with van der Waals surface area (Å²) in [7, 11) is 5.78. The molecule has 3 aromatic rings. The SMILES string of the molecule is COC(=O)[C@H]1C[C@@]2(O)c3c(OC4OC(C(O)CO)COC4OC)cc(OC)cc3O[C@@]2(c2ccc(OC)cc2)[C@@H]1c1ccccc1. The normalized spacial score (nSPS) is 30.5. The average molecular weight is 639 g/mol. The first-order valence-corrected chi connectivity index (χ1v) is 14.9. The van der Waals surface area contributed by atoms with Gasteiger partial charge in [-0.15, -0.1) is 0 Å². The minimum Gasteiger partial charge on any atom is -0.497 e. The molecule has 3 N–H and O–H groups in total. The van der Waals surface area contributed by atoms with Crippen molar-refractivity contribution in [3.8, 4) is 23.0 Å². The molecule has 1 saturated carbocycles. The first-order chi connectivity index (χ1) is 22.2. The lowest BCUT2D eigenvalue weighted by Crippen LogP contribution is -2.52. The zero-order valence-electron chi connectivity index (χ0n) is 26.0. The lowest BCUT2D eigenvalue weighted by molar-refractivity contribution is -0.324. The molecule has 246 valence electrons. The highest BCUT2D eigenvalue weighted by atomic mass is 16.8. The fraction of sp³-hybridized carbons (Fsp3) is 0.441. The number of rotatable bonds is 10. The summed E-state index contributed by atoms with van der Waals surface area (Å²) in [5, 5.41) is 33.0. The van der Waals surface area contributed by atoms with Gasteiger partial charge in [0.1, 0.15) is 40.8 Å². The van der Waals surface area contributed by atoms with Gasteiger partial charge in [0.05, 0.1) is 46.0 Å². The third-order valence-corrected chi connectivity index (χ3v) is 9.16. The maximum atomic E-state index is 13.5. The van der Waals surface area contributed by atoms with Crippen LogP contribution >= 0.6 is 0 Å². The van der Waals surface area contributed by atoms with E-state index in [0.717, 1.165) is 5.56 Å². The molecule has 0 bridgehead atoms. The lowest BCUT2D eigenvalue weighted by Gasteiger charge is -2.41. The molecule has 0 amide bonds. The van der Waals surface area contributed by atoms with Crippen molar-refractivity contribution in [3.05, 3.63) is 83.4 Å². The van der Waals surface area contributed by atoms with Crippen molar-refractivity contribution >= 4 is 5.97 Å². The molecule has 4 unspecified atom stereocenters. The second kappa shape index (κ2) is 12.7. The van der Waals surface area contributed by atoms with E-state index >= 15 is 0 Å². The Morgan fingerprint density at radius 2 is 1.70 bits per heavy atom. The van der Waals surface area contributed by atoms with E-state index < -0.39 is 60.4 Å². The van der Waals surface area contributed by atoms with Gasteiger partial charge in [-0.25, -0.2) is 0 Å². The molecular formula is C34H38O12. The Balaban J connectivity index is 1.55. The van der Waals surface area contributed by atoms with Crippen LogP contribution in [0, 0.1) is 5.92 Å². The number of aliphatic hydroxyl groups excluding tert-OH is 2. The van der Waals surface area contributed by atoms with Gasteiger partial charge in [0.25, 0.3) is 6.29 Å². The summed E-state index contributed by atoms with van der Waals surface area (Å²) in [4.78, 5) is 13.5. The maximum Gasteiger partial charge on any atom is 0.309 e. The lowest BCUT2D eigenvalue weighted by atomic mass is 9.70. The van der Waals surface area contributed by atoms with Crippen LogP contribution in [0.25, 0.3) is 0 Å². The van der Waals surface area contributed by atoms with Crippen LogP contribution < -0.4 is 18.9 Å². The summed E-state index contributed by atoms with van der Waals surface area (Å²) >= 11 is 0.